The molecule has 0 amide bonds. The molecule has 0 bridgehead atoms. The zero-order valence-electron chi connectivity index (χ0n) is 8.08. The molecular formula is C9H20N2O. The van der Waals surface area contributed by atoms with Crippen molar-refractivity contribution in [2.75, 3.05) is 26.7 Å². The minimum atomic E-state index is -0.719. The van der Waals surface area contributed by atoms with Gasteiger partial charge in [0.2, 0.25) is 0 Å². The van der Waals surface area contributed by atoms with Crippen LogP contribution in [0.5, 0.6) is 0 Å². The highest BCUT2D eigenvalue weighted by molar-refractivity contribution is 4.81. The van der Waals surface area contributed by atoms with Crippen molar-refractivity contribution >= 4 is 0 Å². The molecule has 0 saturated heterocycles. The highest BCUT2D eigenvalue weighted by Crippen LogP contribution is 2.29. The maximum atomic E-state index is 9.66. The number of hydrogen-bond acceptors (Lipinski definition) is 3. The molecule has 1 fully saturated rings. The van der Waals surface area contributed by atoms with E-state index in [0.29, 0.717) is 13.1 Å². The van der Waals surface area contributed by atoms with E-state index in [1.54, 1.807) is 6.92 Å². The third kappa shape index (κ3) is 3.52. The van der Waals surface area contributed by atoms with E-state index in [1.807, 2.05) is 7.05 Å². The Balaban J connectivity index is 2.18. The van der Waals surface area contributed by atoms with E-state index >= 15 is 0 Å². The van der Waals surface area contributed by atoms with Gasteiger partial charge in [-0.3, -0.25) is 0 Å². The summed E-state index contributed by atoms with van der Waals surface area (Å²) < 4.78 is 0. The molecule has 0 aromatic rings. The van der Waals surface area contributed by atoms with Crippen LogP contribution in [0.2, 0.25) is 0 Å². The highest BCUT2D eigenvalue weighted by Gasteiger charge is 2.26. The Bertz CT molecular complexity index is 143. The summed E-state index contributed by atoms with van der Waals surface area (Å²) in [5, 5.41) is 9.66. The van der Waals surface area contributed by atoms with Crippen molar-refractivity contribution < 1.29 is 5.11 Å². The first kappa shape index (κ1) is 9.96. The number of rotatable bonds is 5. The van der Waals surface area contributed by atoms with Crippen molar-refractivity contribution in [1.29, 1.82) is 0 Å². The highest BCUT2D eigenvalue weighted by atomic mass is 16.3. The Morgan fingerprint density at radius 2 is 2.17 bits per heavy atom. The van der Waals surface area contributed by atoms with Crippen LogP contribution in [0.1, 0.15) is 19.8 Å². The van der Waals surface area contributed by atoms with E-state index in [4.69, 9.17) is 5.73 Å². The number of likely N-dealkylation sites (N-methyl/N-ethyl adjacent to an activating group) is 1. The second-order valence-electron chi connectivity index (χ2n) is 4.34. The molecule has 1 unspecified atom stereocenters. The van der Waals surface area contributed by atoms with Crippen LogP contribution in [-0.4, -0.2) is 42.3 Å². The predicted octanol–water partition coefficient (Wildman–Crippen LogP) is 0.0379. The van der Waals surface area contributed by atoms with Crippen LogP contribution in [0, 0.1) is 5.92 Å². The first-order chi connectivity index (χ1) is 5.53. The lowest BCUT2D eigenvalue weighted by Crippen LogP contribution is -2.45. The summed E-state index contributed by atoms with van der Waals surface area (Å²) in [6.07, 6.45) is 2.71. The summed E-state index contributed by atoms with van der Waals surface area (Å²) in [6, 6.07) is 0. The fourth-order valence-corrected chi connectivity index (χ4v) is 1.45. The van der Waals surface area contributed by atoms with Crippen molar-refractivity contribution in [3.8, 4) is 0 Å². The molecule has 3 heteroatoms. The first-order valence-electron chi connectivity index (χ1n) is 4.64. The largest absolute Gasteiger partial charge is 0.388 e. The van der Waals surface area contributed by atoms with Gasteiger partial charge in [-0.2, -0.15) is 0 Å². The molecule has 0 aromatic heterocycles. The molecule has 12 heavy (non-hydrogen) atoms. The van der Waals surface area contributed by atoms with Crippen molar-refractivity contribution in [2.24, 2.45) is 11.7 Å². The lowest BCUT2D eigenvalue weighted by Gasteiger charge is -2.27. The fourth-order valence-electron chi connectivity index (χ4n) is 1.45. The topological polar surface area (TPSA) is 49.5 Å². The second kappa shape index (κ2) is 3.73. The van der Waals surface area contributed by atoms with Gasteiger partial charge in [0.1, 0.15) is 0 Å². The summed E-state index contributed by atoms with van der Waals surface area (Å²) in [5.74, 6) is 0.878. The number of nitrogens with two attached hydrogens (primary N) is 1. The van der Waals surface area contributed by atoms with Gasteiger partial charge >= 0.3 is 0 Å². The van der Waals surface area contributed by atoms with Gasteiger partial charge < -0.3 is 15.7 Å². The van der Waals surface area contributed by atoms with E-state index in [1.165, 1.54) is 12.8 Å². The molecule has 1 aliphatic rings. The molecule has 1 aliphatic carbocycles. The van der Waals surface area contributed by atoms with Gasteiger partial charge in [-0.15, -0.1) is 0 Å². The van der Waals surface area contributed by atoms with Crippen LogP contribution in [0.25, 0.3) is 0 Å². The lowest BCUT2D eigenvalue weighted by molar-refractivity contribution is 0.0341. The molecule has 1 atom stereocenters. The number of nitrogens with zero attached hydrogens (tertiary/aromatic N) is 1. The minimum Gasteiger partial charge on any atom is -0.388 e. The van der Waals surface area contributed by atoms with Gasteiger partial charge in [-0.25, -0.2) is 0 Å². The lowest BCUT2D eigenvalue weighted by atomic mass is 10.1. The summed E-state index contributed by atoms with van der Waals surface area (Å²) in [6.45, 7) is 3.91. The van der Waals surface area contributed by atoms with Gasteiger partial charge in [-0.1, -0.05) is 0 Å². The third-order valence-corrected chi connectivity index (χ3v) is 2.32. The fraction of sp³-hybridized carbons (Fsp3) is 1.00. The van der Waals surface area contributed by atoms with E-state index in [-0.39, 0.29) is 0 Å². The van der Waals surface area contributed by atoms with Crippen LogP contribution in [-0.2, 0) is 0 Å². The van der Waals surface area contributed by atoms with Gasteiger partial charge in [-0.05, 0) is 32.7 Å². The van der Waals surface area contributed by atoms with E-state index in [9.17, 15) is 5.11 Å². The van der Waals surface area contributed by atoms with Gasteiger partial charge in [0.15, 0.2) is 0 Å². The molecule has 1 rings (SSSR count). The van der Waals surface area contributed by atoms with Gasteiger partial charge in [0.25, 0.3) is 0 Å². The molecule has 1 saturated carbocycles. The van der Waals surface area contributed by atoms with Crippen LogP contribution >= 0.6 is 0 Å². The zero-order valence-corrected chi connectivity index (χ0v) is 8.08. The predicted molar refractivity (Wildman–Crippen MR) is 49.9 cm³/mol. The van der Waals surface area contributed by atoms with Gasteiger partial charge in [0.05, 0.1) is 5.60 Å². The SMILES string of the molecule is CN(CC1CC1)CC(C)(O)CN. The monoisotopic (exact) mass is 172 g/mol. The van der Waals surface area contributed by atoms with Crippen molar-refractivity contribution in [1.82, 2.24) is 4.90 Å². The Hall–Kier alpha value is -0.120. The normalized spacial score (nSPS) is 22.8. The average Bonchev–Trinajstić information content (AvgIpc) is 2.70. The third-order valence-electron chi connectivity index (χ3n) is 2.32. The van der Waals surface area contributed by atoms with Gasteiger partial charge in [0, 0.05) is 19.6 Å². The quantitative estimate of drug-likeness (QED) is 0.615. The van der Waals surface area contributed by atoms with Crippen LogP contribution < -0.4 is 5.73 Å². The Morgan fingerprint density at radius 1 is 1.58 bits per heavy atom. The Labute approximate surface area is 74.5 Å². The average molecular weight is 172 g/mol. The summed E-state index contributed by atoms with van der Waals surface area (Å²) in [4.78, 5) is 2.17. The maximum absolute atomic E-state index is 9.66. The smallest absolute Gasteiger partial charge is 0.0867 e. The molecule has 0 aliphatic heterocycles. The molecule has 72 valence electrons. The van der Waals surface area contributed by atoms with Crippen LogP contribution in [0.3, 0.4) is 0 Å². The first-order valence-corrected chi connectivity index (χ1v) is 4.64. The molecule has 0 radical (unpaired) electrons. The van der Waals surface area contributed by atoms with Crippen LogP contribution in [0.4, 0.5) is 0 Å². The zero-order chi connectivity index (χ0) is 9.19. The summed E-state index contributed by atoms with van der Waals surface area (Å²) >= 11 is 0. The van der Waals surface area contributed by atoms with Crippen molar-refractivity contribution in [3.63, 3.8) is 0 Å². The molecule has 3 N–H and O–H groups in total. The molecule has 0 spiro atoms. The van der Waals surface area contributed by atoms with E-state index < -0.39 is 5.60 Å². The van der Waals surface area contributed by atoms with Crippen molar-refractivity contribution in [2.45, 2.75) is 25.4 Å². The summed E-state index contributed by atoms with van der Waals surface area (Å²) in [7, 11) is 2.04. The second-order valence-corrected chi connectivity index (χ2v) is 4.34. The standard InChI is InChI=1S/C9H20N2O/c1-9(12,6-10)7-11(2)5-8-3-4-8/h8,12H,3-7,10H2,1-2H3. The van der Waals surface area contributed by atoms with E-state index in [0.717, 1.165) is 12.5 Å². The molecule has 0 aromatic carbocycles. The van der Waals surface area contributed by atoms with Crippen molar-refractivity contribution in [3.05, 3.63) is 0 Å². The minimum absolute atomic E-state index is 0.335. The Kier molecular flexibility index (Phi) is 3.09. The summed E-state index contributed by atoms with van der Waals surface area (Å²) in [5.41, 5.74) is 4.71. The maximum Gasteiger partial charge on any atom is 0.0867 e. The molecular weight excluding hydrogens is 152 g/mol. The van der Waals surface area contributed by atoms with Crippen LogP contribution in [0.15, 0.2) is 0 Å². The Morgan fingerprint density at radius 3 is 2.58 bits per heavy atom. The molecule has 0 heterocycles. The molecule has 3 nitrogen and oxygen atoms in total. The number of hydrogen-bond donors (Lipinski definition) is 2. The number of aliphatic hydroxyl groups is 1. The van der Waals surface area contributed by atoms with E-state index in [2.05, 4.69) is 4.90 Å².